The van der Waals surface area contributed by atoms with Gasteiger partial charge in [-0.3, -0.25) is 4.79 Å². The predicted octanol–water partition coefficient (Wildman–Crippen LogP) is 6.99. The van der Waals surface area contributed by atoms with E-state index in [-0.39, 0.29) is 11.8 Å². The minimum Gasteiger partial charge on any atom is -0.496 e. The van der Waals surface area contributed by atoms with Gasteiger partial charge in [0.05, 0.1) is 21.3 Å². The van der Waals surface area contributed by atoms with Gasteiger partial charge in [0.2, 0.25) is 5.91 Å². The van der Waals surface area contributed by atoms with Crippen molar-refractivity contribution in [2.75, 3.05) is 26.6 Å². The maximum atomic E-state index is 13.2. The summed E-state index contributed by atoms with van der Waals surface area (Å²) in [7, 11) is 4.77. The zero-order chi connectivity index (χ0) is 22.2. The van der Waals surface area contributed by atoms with E-state index in [9.17, 15) is 4.79 Å². The molecule has 0 heterocycles. The molecule has 0 aromatic heterocycles. The molecule has 0 saturated heterocycles. The molecular weight excluding hydrogens is 378 g/mol. The van der Waals surface area contributed by atoms with Crippen LogP contribution in [0.15, 0.2) is 12.1 Å². The first kappa shape index (κ1) is 26.1. The average molecular weight is 422 g/mol. The van der Waals surface area contributed by atoms with Gasteiger partial charge in [-0.05, 0) is 12.8 Å². The number of carbonyl (C=O) groups excluding carboxylic acids is 1. The van der Waals surface area contributed by atoms with Crippen LogP contribution in [0.25, 0.3) is 0 Å². The number of hydrogen-bond acceptors (Lipinski definition) is 4. The molecule has 0 bridgehead atoms. The third kappa shape index (κ3) is 9.27. The van der Waals surface area contributed by atoms with Gasteiger partial charge in [-0.25, -0.2) is 0 Å². The number of nitrogens with one attached hydrogen (secondary N) is 1. The number of methoxy groups -OCH3 is 3. The molecule has 0 spiro atoms. The Hall–Kier alpha value is -1.91. The largest absolute Gasteiger partial charge is 0.496 e. The van der Waals surface area contributed by atoms with Crippen LogP contribution in [-0.2, 0) is 4.79 Å². The van der Waals surface area contributed by atoms with Crippen LogP contribution in [0.2, 0.25) is 0 Å². The van der Waals surface area contributed by atoms with E-state index in [4.69, 9.17) is 14.2 Å². The lowest BCUT2D eigenvalue weighted by Crippen LogP contribution is -2.23. The summed E-state index contributed by atoms with van der Waals surface area (Å²) in [5, 5.41) is 3.09. The lowest BCUT2D eigenvalue weighted by Gasteiger charge is -2.20. The molecule has 1 rings (SSSR count). The van der Waals surface area contributed by atoms with Gasteiger partial charge >= 0.3 is 0 Å². The van der Waals surface area contributed by atoms with Crippen molar-refractivity contribution < 1.29 is 19.0 Å². The molecule has 0 saturated carbocycles. The van der Waals surface area contributed by atoms with Crippen LogP contribution in [-0.4, -0.2) is 27.2 Å². The standard InChI is InChI=1S/C25H43NO4/c1-6-8-10-12-14-16-20(17-15-13-11-9-7-2)25(27)26-24-22(29-4)18-21(28-3)19-23(24)30-5/h18-20H,6-17H2,1-5H3,(H,26,27). The highest BCUT2D eigenvalue weighted by Gasteiger charge is 2.22. The van der Waals surface area contributed by atoms with Crippen LogP contribution >= 0.6 is 0 Å². The molecular formula is C25H43NO4. The van der Waals surface area contributed by atoms with Gasteiger partial charge in [0, 0.05) is 18.1 Å². The number of carbonyl (C=O) groups is 1. The lowest BCUT2D eigenvalue weighted by molar-refractivity contribution is -0.120. The van der Waals surface area contributed by atoms with E-state index in [1.807, 2.05) is 0 Å². The van der Waals surface area contributed by atoms with E-state index in [0.29, 0.717) is 22.9 Å². The van der Waals surface area contributed by atoms with E-state index in [1.165, 1.54) is 51.4 Å². The van der Waals surface area contributed by atoms with Crippen molar-refractivity contribution in [3.8, 4) is 17.2 Å². The van der Waals surface area contributed by atoms with E-state index in [2.05, 4.69) is 19.2 Å². The predicted molar refractivity (Wildman–Crippen MR) is 125 cm³/mol. The Labute approximate surface area is 183 Å². The molecule has 30 heavy (non-hydrogen) atoms. The highest BCUT2D eigenvalue weighted by molar-refractivity contribution is 5.96. The molecule has 0 unspecified atom stereocenters. The monoisotopic (exact) mass is 421 g/mol. The molecule has 0 fully saturated rings. The summed E-state index contributed by atoms with van der Waals surface area (Å²) in [5.41, 5.74) is 0.577. The first-order valence-corrected chi connectivity index (χ1v) is 11.7. The van der Waals surface area contributed by atoms with Crippen molar-refractivity contribution in [1.29, 1.82) is 0 Å². The second-order valence-corrected chi connectivity index (χ2v) is 8.00. The smallest absolute Gasteiger partial charge is 0.227 e. The summed E-state index contributed by atoms with van der Waals surface area (Å²) < 4.78 is 16.3. The van der Waals surface area contributed by atoms with Gasteiger partial charge in [-0.1, -0.05) is 78.1 Å². The number of benzene rings is 1. The van der Waals surface area contributed by atoms with Crippen LogP contribution in [0.1, 0.15) is 90.9 Å². The van der Waals surface area contributed by atoms with E-state index in [1.54, 1.807) is 33.5 Å². The molecule has 1 amide bonds. The fraction of sp³-hybridized carbons (Fsp3) is 0.720. The Morgan fingerprint density at radius 3 is 1.63 bits per heavy atom. The minimum atomic E-state index is 0.0183. The third-order valence-corrected chi connectivity index (χ3v) is 5.65. The van der Waals surface area contributed by atoms with Crippen LogP contribution in [0, 0.1) is 5.92 Å². The lowest BCUT2D eigenvalue weighted by atomic mass is 9.93. The Morgan fingerprint density at radius 2 is 1.23 bits per heavy atom. The fourth-order valence-electron chi connectivity index (χ4n) is 3.75. The molecule has 1 N–H and O–H groups in total. The number of hydrogen-bond donors (Lipinski definition) is 1. The Bertz CT molecular complexity index is 564. The van der Waals surface area contributed by atoms with Crippen LogP contribution in [0.3, 0.4) is 0 Å². The summed E-state index contributed by atoms with van der Waals surface area (Å²) in [6.07, 6.45) is 14.0. The van der Waals surface area contributed by atoms with Gasteiger partial charge in [0.25, 0.3) is 0 Å². The first-order valence-electron chi connectivity index (χ1n) is 11.7. The zero-order valence-corrected chi connectivity index (χ0v) is 19.9. The third-order valence-electron chi connectivity index (χ3n) is 5.65. The molecule has 1 aromatic carbocycles. The minimum absolute atomic E-state index is 0.0183. The maximum absolute atomic E-state index is 13.2. The van der Waals surface area contributed by atoms with Crippen LogP contribution in [0.5, 0.6) is 17.2 Å². The summed E-state index contributed by atoms with van der Waals surface area (Å²) in [4.78, 5) is 13.2. The molecule has 0 radical (unpaired) electrons. The maximum Gasteiger partial charge on any atom is 0.227 e. The molecule has 0 atom stereocenters. The Kier molecular flexibility index (Phi) is 13.8. The van der Waals surface area contributed by atoms with Crippen molar-refractivity contribution >= 4 is 11.6 Å². The van der Waals surface area contributed by atoms with Crippen LogP contribution < -0.4 is 19.5 Å². The zero-order valence-electron chi connectivity index (χ0n) is 19.9. The number of anilines is 1. The quantitative estimate of drug-likeness (QED) is 0.275. The van der Waals surface area contributed by atoms with Crippen molar-refractivity contribution in [1.82, 2.24) is 0 Å². The number of amides is 1. The average Bonchev–Trinajstić information content (AvgIpc) is 2.77. The Morgan fingerprint density at radius 1 is 0.767 bits per heavy atom. The molecule has 172 valence electrons. The summed E-state index contributed by atoms with van der Waals surface area (Å²) in [5.74, 6) is 1.80. The molecule has 0 aliphatic rings. The second-order valence-electron chi connectivity index (χ2n) is 8.00. The topological polar surface area (TPSA) is 56.8 Å². The SMILES string of the molecule is CCCCCCCC(CCCCCCC)C(=O)Nc1c(OC)cc(OC)cc1OC. The molecule has 1 aromatic rings. The second kappa shape index (κ2) is 15.9. The summed E-state index contributed by atoms with van der Waals surface area (Å²) in [6.45, 7) is 4.45. The fourth-order valence-corrected chi connectivity index (χ4v) is 3.75. The van der Waals surface area contributed by atoms with Gasteiger partial charge < -0.3 is 19.5 Å². The first-order chi connectivity index (χ1) is 14.6. The van der Waals surface area contributed by atoms with Gasteiger partial charge in [0.1, 0.15) is 22.9 Å². The van der Waals surface area contributed by atoms with E-state index < -0.39 is 0 Å². The van der Waals surface area contributed by atoms with Crippen molar-refractivity contribution in [3.05, 3.63) is 12.1 Å². The summed E-state index contributed by atoms with van der Waals surface area (Å²) in [6, 6.07) is 3.53. The van der Waals surface area contributed by atoms with E-state index >= 15 is 0 Å². The number of rotatable bonds is 17. The molecule has 5 nitrogen and oxygen atoms in total. The van der Waals surface area contributed by atoms with E-state index in [0.717, 1.165) is 25.7 Å². The molecule has 0 aliphatic carbocycles. The normalized spacial score (nSPS) is 10.9. The Balaban J connectivity index is 2.83. The highest BCUT2D eigenvalue weighted by atomic mass is 16.5. The molecule has 0 aliphatic heterocycles. The summed E-state index contributed by atoms with van der Waals surface area (Å²) >= 11 is 0. The molecule has 5 heteroatoms. The van der Waals surface area contributed by atoms with Crippen LogP contribution in [0.4, 0.5) is 5.69 Å². The highest BCUT2D eigenvalue weighted by Crippen LogP contribution is 2.39. The number of ether oxygens (including phenoxy) is 3. The van der Waals surface area contributed by atoms with Crippen molar-refractivity contribution in [2.24, 2.45) is 5.92 Å². The van der Waals surface area contributed by atoms with Crippen molar-refractivity contribution in [3.63, 3.8) is 0 Å². The van der Waals surface area contributed by atoms with Gasteiger partial charge in [-0.2, -0.15) is 0 Å². The van der Waals surface area contributed by atoms with Crippen molar-refractivity contribution in [2.45, 2.75) is 90.9 Å². The van der Waals surface area contributed by atoms with Gasteiger partial charge in [-0.15, -0.1) is 0 Å². The number of unbranched alkanes of at least 4 members (excludes halogenated alkanes) is 8. The van der Waals surface area contributed by atoms with Gasteiger partial charge in [0.15, 0.2) is 0 Å².